The van der Waals surface area contributed by atoms with Crippen LogP contribution in [0.3, 0.4) is 0 Å². The van der Waals surface area contributed by atoms with Gasteiger partial charge in [0.15, 0.2) is 11.0 Å². The number of hydrogen-bond acceptors (Lipinski definition) is 7. The van der Waals surface area contributed by atoms with Gasteiger partial charge in [-0.05, 0) is 37.3 Å². The topological polar surface area (TPSA) is 119 Å². The Hall–Kier alpha value is -4.44. The lowest BCUT2D eigenvalue weighted by Crippen LogP contribution is -2.20. The normalized spacial score (nSPS) is 10.9. The standard InChI is InChI=1S/C26H23N5O4S/c1-2-35-21-14-12-20(13-15-21)31-24(18-8-4-3-5-9-18)29-30-26(31)36-17-23(32)28-27-16-19-10-6-7-11-22(19)25(33)34/h3-16H,2,17H2,1H3,(H,28,32)(H,33,34)/b27-16+. The van der Waals surface area contributed by atoms with Gasteiger partial charge < -0.3 is 9.84 Å². The average Bonchev–Trinajstić information content (AvgIpc) is 3.33. The van der Waals surface area contributed by atoms with Gasteiger partial charge in [-0.3, -0.25) is 9.36 Å². The van der Waals surface area contributed by atoms with E-state index in [4.69, 9.17) is 4.74 Å². The highest BCUT2D eigenvalue weighted by Gasteiger charge is 2.17. The zero-order valence-electron chi connectivity index (χ0n) is 19.4. The highest BCUT2D eigenvalue weighted by atomic mass is 32.2. The van der Waals surface area contributed by atoms with Crippen LogP contribution in [0.25, 0.3) is 17.1 Å². The van der Waals surface area contributed by atoms with Crippen molar-refractivity contribution in [2.75, 3.05) is 12.4 Å². The predicted molar refractivity (Wildman–Crippen MR) is 138 cm³/mol. The number of carbonyl (C=O) groups excluding carboxylic acids is 1. The molecule has 0 radical (unpaired) electrons. The lowest BCUT2D eigenvalue weighted by Gasteiger charge is -2.11. The van der Waals surface area contributed by atoms with Gasteiger partial charge in [0.25, 0.3) is 5.91 Å². The molecule has 0 atom stereocenters. The molecule has 10 heteroatoms. The summed E-state index contributed by atoms with van der Waals surface area (Å²) in [6.45, 7) is 2.50. The fraction of sp³-hybridized carbons (Fsp3) is 0.115. The lowest BCUT2D eigenvalue weighted by atomic mass is 10.1. The number of rotatable bonds is 10. The molecule has 36 heavy (non-hydrogen) atoms. The van der Waals surface area contributed by atoms with Crippen LogP contribution < -0.4 is 10.2 Å². The summed E-state index contributed by atoms with van der Waals surface area (Å²) in [4.78, 5) is 23.7. The van der Waals surface area contributed by atoms with Gasteiger partial charge in [-0.1, -0.05) is 60.3 Å². The second kappa shape index (κ2) is 11.8. The number of hydrazone groups is 1. The number of aromatic nitrogens is 3. The number of thioether (sulfide) groups is 1. The minimum absolute atomic E-state index is 0.0296. The summed E-state index contributed by atoms with van der Waals surface area (Å²) in [6, 6.07) is 23.6. The molecule has 0 spiro atoms. The Labute approximate surface area is 211 Å². The summed E-state index contributed by atoms with van der Waals surface area (Å²) in [6.07, 6.45) is 1.31. The maximum Gasteiger partial charge on any atom is 0.336 e. The maximum atomic E-state index is 12.4. The molecular formula is C26H23N5O4S. The molecule has 0 aliphatic carbocycles. The molecule has 0 fully saturated rings. The second-order valence-corrected chi connectivity index (χ2v) is 8.35. The third-order valence-corrected chi connectivity index (χ3v) is 5.92. The smallest absolute Gasteiger partial charge is 0.336 e. The molecule has 0 aliphatic rings. The van der Waals surface area contributed by atoms with Crippen LogP contribution in [0, 0.1) is 0 Å². The van der Waals surface area contributed by atoms with E-state index in [1.54, 1.807) is 18.2 Å². The molecule has 0 bridgehead atoms. The number of carboxylic acids is 1. The van der Waals surface area contributed by atoms with Crippen LogP contribution in [0.1, 0.15) is 22.8 Å². The Morgan fingerprint density at radius 2 is 1.75 bits per heavy atom. The summed E-state index contributed by atoms with van der Waals surface area (Å²) in [5.41, 5.74) is 4.63. The summed E-state index contributed by atoms with van der Waals surface area (Å²) in [7, 11) is 0. The maximum absolute atomic E-state index is 12.4. The van der Waals surface area contributed by atoms with Gasteiger partial charge in [0.2, 0.25) is 0 Å². The van der Waals surface area contributed by atoms with Crippen molar-refractivity contribution in [1.29, 1.82) is 0 Å². The molecule has 0 saturated carbocycles. The molecule has 1 heterocycles. The minimum atomic E-state index is -1.07. The molecule has 3 aromatic carbocycles. The van der Waals surface area contributed by atoms with Gasteiger partial charge in [-0.25, -0.2) is 10.2 Å². The van der Waals surface area contributed by atoms with Gasteiger partial charge in [0, 0.05) is 16.8 Å². The van der Waals surface area contributed by atoms with Crippen molar-refractivity contribution in [2.45, 2.75) is 12.1 Å². The van der Waals surface area contributed by atoms with Crippen LogP contribution in [0.2, 0.25) is 0 Å². The Morgan fingerprint density at radius 1 is 1.03 bits per heavy atom. The molecule has 4 aromatic rings. The second-order valence-electron chi connectivity index (χ2n) is 7.41. The SMILES string of the molecule is CCOc1ccc(-n2c(SCC(=O)N/N=C/c3ccccc3C(=O)O)nnc2-c2ccccc2)cc1. The van der Waals surface area contributed by atoms with Crippen molar-refractivity contribution in [3.63, 3.8) is 0 Å². The van der Waals surface area contributed by atoms with Gasteiger partial charge in [0.05, 0.1) is 24.1 Å². The van der Waals surface area contributed by atoms with Crippen molar-refractivity contribution < 1.29 is 19.4 Å². The fourth-order valence-electron chi connectivity index (χ4n) is 3.37. The first-order valence-electron chi connectivity index (χ1n) is 11.1. The zero-order chi connectivity index (χ0) is 25.3. The largest absolute Gasteiger partial charge is 0.494 e. The van der Waals surface area contributed by atoms with Crippen molar-refractivity contribution in [2.24, 2.45) is 5.10 Å². The molecule has 2 N–H and O–H groups in total. The lowest BCUT2D eigenvalue weighted by molar-refractivity contribution is -0.118. The summed E-state index contributed by atoms with van der Waals surface area (Å²) in [5, 5.41) is 22.4. The van der Waals surface area contributed by atoms with Gasteiger partial charge in [-0.2, -0.15) is 5.10 Å². The van der Waals surface area contributed by atoms with E-state index in [0.29, 0.717) is 23.2 Å². The number of carbonyl (C=O) groups is 2. The third-order valence-electron chi connectivity index (χ3n) is 4.99. The van der Waals surface area contributed by atoms with E-state index in [0.717, 1.165) is 17.0 Å². The van der Waals surface area contributed by atoms with Crippen molar-refractivity contribution in [3.8, 4) is 22.8 Å². The number of carboxylic acid groups (broad SMARTS) is 1. The molecule has 0 unspecified atom stereocenters. The van der Waals surface area contributed by atoms with Crippen molar-refractivity contribution in [1.82, 2.24) is 20.2 Å². The molecule has 9 nitrogen and oxygen atoms in total. The van der Waals surface area contributed by atoms with Gasteiger partial charge in [-0.15, -0.1) is 10.2 Å². The monoisotopic (exact) mass is 501 g/mol. The third kappa shape index (κ3) is 5.97. The summed E-state index contributed by atoms with van der Waals surface area (Å²) in [5.74, 6) is -0.00666. The first-order chi connectivity index (χ1) is 17.6. The highest BCUT2D eigenvalue weighted by Crippen LogP contribution is 2.28. The number of hydrogen-bond donors (Lipinski definition) is 2. The van der Waals surface area contributed by atoms with E-state index < -0.39 is 5.97 Å². The first-order valence-corrected chi connectivity index (χ1v) is 12.1. The Morgan fingerprint density at radius 3 is 2.47 bits per heavy atom. The van der Waals surface area contributed by atoms with Crippen LogP contribution in [0.15, 0.2) is 89.1 Å². The Bertz CT molecular complexity index is 1370. The van der Waals surface area contributed by atoms with E-state index in [2.05, 4.69) is 20.7 Å². The van der Waals surface area contributed by atoms with Crippen LogP contribution in [0.5, 0.6) is 5.75 Å². The molecule has 4 rings (SSSR count). The van der Waals surface area contributed by atoms with E-state index >= 15 is 0 Å². The Balaban J connectivity index is 1.50. The number of nitrogens with zero attached hydrogens (tertiary/aromatic N) is 4. The van der Waals surface area contributed by atoms with Crippen LogP contribution in [-0.4, -0.2) is 50.3 Å². The van der Waals surface area contributed by atoms with E-state index in [1.807, 2.05) is 66.1 Å². The van der Waals surface area contributed by atoms with Crippen LogP contribution in [0.4, 0.5) is 0 Å². The van der Waals surface area contributed by atoms with Crippen LogP contribution >= 0.6 is 11.8 Å². The molecular weight excluding hydrogens is 478 g/mol. The predicted octanol–water partition coefficient (Wildman–Crippen LogP) is 4.27. The number of aromatic carboxylic acids is 1. The summed E-state index contributed by atoms with van der Waals surface area (Å²) >= 11 is 1.21. The number of benzene rings is 3. The summed E-state index contributed by atoms with van der Waals surface area (Å²) < 4.78 is 7.43. The molecule has 1 amide bonds. The average molecular weight is 502 g/mol. The highest BCUT2D eigenvalue weighted by molar-refractivity contribution is 7.99. The van der Waals surface area contributed by atoms with Crippen molar-refractivity contribution in [3.05, 3.63) is 90.0 Å². The van der Waals surface area contributed by atoms with Gasteiger partial charge >= 0.3 is 5.97 Å². The number of ether oxygens (including phenoxy) is 1. The van der Waals surface area contributed by atoms with Gasteiger partial charge in [0.1, 0.15) is 5.75 Å². The first kappa shape index (κ1) is 24.7. The molecule has 0 aliphatic heterocycles. The van der Waals surface area contributed by atoms with E-state index in [9.17, 15) is 14.7 Å². The fourth-order valence-corrected chi connectivity index (χ4v) is 4.11. The number of amides is 1. The number of nitrogens with one attached hydrogen (secondary N) is 1. The minimum Gasteiger partial charge on any atom is -0.494 e. The van der Waals surface area contributed by atoms with Crippen LogP contribution in [-0.2, 0) is 4.79 Å². The quantitative estimate of drug-likeness (QED) is 0.189. The van der Waals surface area contributed by atoms with E-state index in [-0.39, 0.29) is 17.2 Å². The molecule has 1 aromatic heterocycles. The van der Waals surface area contributed by atoms with E-state index in [1.165, 1.54) is 24.0 Å². The van der Waals surface area contributed by atoms with Crippen molar-refractivity contribution >= 4 is 29.9 Å². The molecule has 182 valence electrons. The zero-order valence-corrected chi connectivity index (χ0v) is 20.2. The molecule has 0 saturated heterocycles. The Kier molecular flexibility index (Phi) is 8.09.